The van der Waals surface area contributed by atoms with E-state index < -0.39 is 0 Å². The second-order valence-electron chi connectivity index (χ2n) is 4.78. The number of benzene rings is 2. The number of hydrogen-bond donors (Lipinski definition) is 1. The Hall–Kier alpha value is -2.95. The van der Waals surface area contributed by atoms with Crippen LogP contribution in [0.4, 0.5) is 11.5 Å². The molecule has 22 heavy (non-hydrogen) atoms. The Morgan fingerprint density at radius 2 is 1.68 bits per heavy atom. The molecule has 0 radical (unpaired) electrons. The van der Waals surface area contributed by atoms with Gasteiger partial charge in [0.05, 0.1) is 19.2 Å². The van der Waals surface area contributed by atoms with E-state index in [4.69, 9.17) is 4.74 Å². The first-order valence-corrected chi connectivity index (χ1v) is 6.91. The number of anilines is 2. The number of rotatable bonds is 4. The number of carbonyl (C=O) groups excluding carboxylic acids is 1. The highest BCUT2D eigenvalue weighted by Crippen LogP contribution is 2.25. The summed E-state index contributed by atoms with van der Waals surface area (Å²) in [6, 6.07) is 17.5. The zero-order valence-electron chi connectivity index (χ0n) is 12.1. The number of esters is 1. The van der Waals surface area contributed by atoms with Crippen LogP contribution in [0.5, 0.6) is 0 Å². The third-order valence-corrected chi connectivity index (χ3v) is 3.34. The van der Waals surface area contributed by atoms with Crippen LogP contribution in [0.3, 0.4) is 0 Å². The smallest absolute Gasteiger partial charge is 0.311 e. The number of hydrogen-bond acceptors (Lipinski definition) is 5. The van der Waals surface area contributed by atoms with Gasteiger partial charge in [-0.2, -0.15) is 5.10 Å². The molecule has 0 saturated heterocycles. The molecule has 3 rings (SSSR count). The Morgan fingerprint density at radius 1 is 1.00 bits per heavy atom. The van der Waals surface area contributed by atoms with Gasteiger partial charge in [0, 0.05) is 16.5 Å². The van der Waals surface area contributed by atoms with E-state index in [2.05, 4.69) is 15.5 Å². The fourth-order valence-electron chi connectivity index (χ4n) is 2.25. The van der Waals surface area contributed by atoms with Gasteiger partial charge >= 0.3 is 5.97 Å². The Labute approximate surface area is 127 Å². The lowest BCUT2D eigenvalue weighted by atomic mass is 10.1. The first-order chi connectivity index (χ1) is 10.8. The lowest BCUT2D eigenvalue weighted by Gasteiger charge is -2.10. The van der Waals surface area contributed by atoms with E-state index in [0.717, 1.165) is 16.5 Å². The summed E-state index contributed by atoms with van der Waals surface area (Å²) in [6.07, 6.45) is 0.107. The molecule has 1 heterocycles. The molecule has 5 nitrogen and oxygen atoms in total. The molecule has 0 aliphatic rings. The molecule has 0 saturated carbocycles. The van der Waals surface area contributed by atoms with Crippen LogP contribution in [0.2, 0.25) is 0 Å². The van der Waals surface area contributed by atoms with Crippen LogP contribution in [-0.2, 0) is 16.0 Å². The van der Waals surface area contributed by atoms with E-state index >= 15 is 0 Å². The van der Waals surface area contributed by atoms with Crippen LogP contribution in [0, 0.1) is 0 Å². The summed E-state index contributed by atoms with van der Waals surface area (Å²) in [5.41, 5.74) is 1.55. The van der Waals surface area contributed by atoms with E-state index in [0.29, 0.717) is 11.5 Å². The van der Waals surface area contributed by atoms with Crippen molar-refractivity contribution >= 4 is 28.2 Å². The van der Waals surface area contributed by atoms with E-state index in [1.165, 1.54) is 7.11 Å². The van der Waals surface area contributed by atoms with Gasteiger partial charge in [0.1, 0.15) is 0 Å². The molecule has 110 valence electrons. The number of ether oxygens (including phenoxy) is 1. The molecule has 0 spiro atoms. The third-order valence-electron chi connectivity index (χ3n) is 3.34. The van der Waals surface area contributed by atoms with Crippen LogP contribution in [0.1, 0.15) is 5.69 Å². The summed E-state index contributed by atoms with van der Waals surface area (Å²) in [5, 5.41) is 13.5. The molecule has 0 amide bonds. The number of nitrogens with one attached hydrogen (secondary N) is 1. The minimum atomic E-state index is -0.330. The molecule has 0 aliphatic heterocycles. The molecule has 0 fully saturated rings. The second kappa shape index (κ2) is 6.22. The van der Waals surface area contributed by atoms with Crippen LogP contribution in [0.15, 0.2) is 54.6 Å². The lowest BCUT2D eigenvalue weighted by molar-refractivity contribution is -0.139. The molecule has 5 heteroatoms. The highest BCUT2D eigenvalue weighted by Gasteiger charge is 2.12. The summed E-state index contributed by atoms with van der Waals surface area (Å²) in [4.78, 5) is 11.5. The average molecular weight is 293 g/mol. The molecule has 0 aliphatic carbocycles. The van der Waals surface area contributed by atoms with Crippen molar-refractivity contribution in [1.82, 2.24) is 10.2 Å². The number of methoxy groups -OCH3 is 1. The zero-order chi connectivity index (χ0) is 15.4. The SMILES string of the molecule is COC(=O)Cc1nnc(Nc2ccccc2)c2ccccc12. The second-order valence-corrected chi connectivity index (χ2v) is 4.78. The Balaban J connectivity index is 2.02. The van der Waals surface area contributed by atoms with Crippen molar-refractivity contribution in [2.75, 3.05) is 12.4 Å². The molecule has 1 N–H and O–H groups in total. The maximum atomic E-state index is 11.5. The summed E-state index contributed by atoms with van der Waals surface area (Å²) >= 11 is 0. The van der Waals surface area contributed by atoms with Gasteiger partial charge in [-0.3, -0.25) is 4.79 Å². The summed E-state index contributed by atoms with van der Waals surface area (Å²) in [7, 11) is 1.36. The number of aromatic nitrogens is 2. The Bertz CT molecular complexity index is 803. The fourth-order valence-corrected chi connectivity index (χ4v) is 2.25. The van der Waals surface area contributed by atoms with Crippen LogP contribution >= 0.6 is 0 Å². The van der Waals surface area contributed by atoms with Gasteiger partial charge in [0.25, 0.3) is 0 Å². The van der Waals surface area contributed by atoms with Gasteiger partial charge < -0.3 is 10.1 Å². The van der Waals surface area contributed by atoms with Crippen molar-refractivity contribution in [1.29, 1.82) is 0 Å². The molecule has 0 unspecified atom stereocenters. The van der Waals surface area contributed by atoms with Crippen molar-refractivity contribution in [2.45, 2.75) is 6.42 Å². The van der Waals surface area contributed by atoms with Crippen molar-refractivity contribution in [3.05, 3.63) is 60.3 Å². The molecule has 3 aromatic rings. The normalized spacial score (nSPS) is 10.4. The largest absolute Gasteiger partial charge is 0.469 e. The number of para-hydroxylation sites is 1. The molecular weight excluding hydrogens is 278 g/mol. The minimum absolute atomic E-state index is 0.107. The standard InChI is InChI=1S/C17H15N3O2/c1-22-16(21)11-15-13-9-5-6-10-14(13)17(20-19-15)18-12-7-3-2-4-8-12/h2-10H,11H2,1H3,(H,18,20). The lowest BCUT2D eigenvalue weighted by Crippen LogP contribution is -2.08. The molecule has 2 aromatic carbocycles. The van der Waals surface area contributed by atoms with E-state index in [9.17, 15) is 4.79 Å². The highest BCUT2D eigenvalue weighted by atomic mass is 16.5. The van der Waals surface area contributed by atoms with Crippen LogP contribution in [-0.4, -0.2) is 23.3 Å². The van der Waals surface area contributed by atoms with Crippen molar-refractivity contribution < 1.29 is 9.53 Å². The van der Waals surface area contributed by atoms with Crippen LogP contribution < -0.4 is 5.32 Å². The maximum absolute atomic E-state index is 11.5. The molecule has 0 atom stereocenters. The Morgan fingerprint density at radius 3 is 2.41 bits per heavy atom. The van der Waals surface area contributed by atoms with Gasteiger partial charge in [-0.15, -0.1) is 5.10 Å². The van der Waals surface area contributed by atoms with Crippen LogP contribution in [0.25, 0.3) is 10.8 Å². The maximum Gasteiger partial charge on any atom is 0.311 e. The third kappa shape index (κ3) is 2.88. The van der Waals surface area contributed by atoms with E-state index in [1.807, 2.05) is 54.6 Å². The number of fused-ring (bicyclic) bond motifs is 1. The monoisotopic (exact) mass is 293 g/mol. The number of carbonyl (C=O) groups is 1. The van der Waals surface area contributed by atoms with Gasteiger partial charge in [-0.1, -0.05) is 42.5 Å². The van der Waals surface area contributed by atoms with Gasteiger partial charge in [0.15, 0.2) is 5.82 Å². The molecule has 1 aromatic heterocycles. The summed E-state index contributed by atoms with van der Waals surface area (Å²) < 4.78 is 4.71. The van der Waals surface area contributed by atoms with Gasteiger partial charge in [-0.05, 0) is 12.1 Å². The zero-order valence-corrected chi connectivity index (χ0v) is 12.1. The highest BCUT2D eigenvalue weighted by molar-refractivity contribution is 5.95. The van der Waals surface area contributed by atoms with Crippen molar-refractivity contribution in [3.63, 3.8) is 0 Å². The topological polar surface area (TPSA) is 64.1 Å². The van der Waals surface area contributed by atoms with Gasteiger partial charge in [-0.25, -0.2) is 0 Å². The molecular formula is C17H15N3O2. The summed E-state index contributed by atoms with van der Waals surface area (Å²) in [5.74, 6) is 0.332. The quantitative estimate of drug-likeness (QED) is 0.749. The van der Waals surface area contributed by atoms with Crippen molar-refractivity contribution in [2.24, 2.45) is 0 Å². The first-order valence-electron chi connectivity index (χ1n) is 6.91. The predicted molar refractivity (Wildman–Crippen MR) is 85.0 cm³/mol. The number of nitrogens with zero attached hydrogens (tertiary/aromatic N) is 2. The van der Waals surface area contributed by atoms with E-state index in [1.54, 1.807) is 0 Å². The van der Waals surface area contributed by atoms with Crippen molar-refractivity contribution in [3.8, 4) is 0 Å². The first kappa shape index (κ1) is 14.0. The predicted octanol–water partition coefficient (Wildman–Crippen LogP) is 3.09. The Kier molecular flexibility index (Phi) is 3.96. The minimum Gasteiger partial charge on any atom is -0.469 e. The summed E-state index contributed by atoms with van der Waals surface area (Å²) in [6.45, 7) is 0. The van der Waals surface area contributed by atoms with Gasteiger partial charge in [0.2, 0.25) is 0 Å². The van der Waals surface area contributed by atoms with E-state index in [-0.39, 0.29) is 12.4 Å². The average Bonchev–Trinajstić information content (AvgIpc) is 2.58. The fraction of sp³-hybridized carbons (Fsp3) is 0.118. The molecule has 0 bridgehead atoms.